The zero-order chi connectivity index (χ0) is 16.8. The van der Waals surface area contributed by atoms with E-state index in [2.05, 4.69) is 5.32 Å². The van der Waals surface area contributed by atoms with Crippen molar-refractivity contribution in [2.45, 2.75) is 12.7 Å². The summed E-state index contributed by atoms with van der Waals surface area (Å²) < 4.78 is 32.1. The van der Waals surface area contributed by atoms with E-state index in [4.69, 9.17) is 4.74 Å². The molecule has 0 saturated heterocycles. The van der Waals surface area contributed by atoms with Gasteiger partial charge in [-0.05, 0) is 29.8 Å². The zero-order valence-corrected chi connectivity index (χ0v) is 12.6. The minimum absolute atomic E-state index is 0.300. The highest BCUT2D eigenvalue weighted by Crippen LogP contribution is 2.20. The number of nitrogens with one attached hydrogen (secondary N) is 1. The van der Waals surface area contributed by atoms with E-state index in [0.717, 1.165) is 17.7 Å². The highest BCUT2D eigenvalue weighted by atomic mass is 19.1. The molecule has 0 radical (unpaired) electrons. The fourth-order valence-electron chi connectivity index (χ4n) is 2.19. The zero-order valence-electron chi connectivity index (χ0n) is 12.6. The van der Waals surface area contributed by atoms with Crippen molar-refractivity contribution in [1.29, 1.82) is 0 Å². The first-order valence-corrected chi connectivity index (χ1v) is 7.01. The second-order valence-corrected chi connectivity index (χ2v) is 4.99. The van der Waals surface area contributed by atoms with Gasteiger partial charge in [0.25, 0.3) is 5.91 Å². The Morgan fingerprint density at radius 2 is 1.87 bits per heavy atom. The number of hydrogen-bond acceptors (Lipinski definition) is 3. The van der Waals surface area contributed by atoms with Crippen LogP contribution in [-0.4, -0.2) is 24.7 Å². The largest absolute Gasteiger partial charge is 0.386 e. The average molecular weight is 321 g/mol. The summed E-state index contributed by atoms with van der Waals surface area (Å²) in [6.45, 7) is 0.0649. The van der Waals surface area contributed by atoms with Crippen molar-refractivity contribution in [2.24, 2.45) is 0 Å². The molecular weight excluding hydrogens is 304 g/mol. The monoisotopic (exact) mass is 321 g/mol. The summed E-state index contributed by atoms with van der Waals surface area (Å²) >= 11 is 0. The smallest absolute Gasteiger partial charge is 0.251 e. The van der Waals surface area contributed by atoms with Crippen LogP contribution in [0.2, 0.25) is 0 Å². The maximum Gasteiger partial charge on any atom is 0.251 e. The van der Waals surface area contributed by atoms with Crippen LogP contribution in [0.1, 0.15) is 27.6 Å². The summed E-state index contributed by atoms with van der Waals surface area (Å²) in [6, 6.07) is 10.1. The molecule has 0 aliphatic heterocycles. The van der Waals surface area contributed by atoms with Gasteiger partial charge in [-0.15, -0.1) is 0 Å². The van der Waals surface area contributed by atoms with Crippen LogP contribution < -0.4 is 5.32 Å². The van der Waals surface area contributed by atoms with Gasteiger partial charge in [-0.25, -0.2) is 8.78 Å². The van der Waals surface area contributed by atoms with E-state index in [1.165, 1.54) is 6.07 Å². The molecule has 4 nitrogen and oxygen atoms in total. The Morgan fingerprint density at radius 1 is 1.22 bits per heavy atom. The van der Waals surface area contributed by atoms with Crippen molar-refractivity contribution < 1.29 is 23.4 Å². The van der Waals surface area contributed by atoms with Crippen LogP contribution in [0, 0.1) is 11.6 Å². The summed E-state index contributed by atoms with van der Waals surface area (Å²) in [5.74, 6) is -2.15. The molecule has 0 aromatic heterocycles. The standard InChI is InChI=1S/C17H17F2NO3/c1-23-10-11-4-2-5-12(8-11)17(22)20-9-15(21)16-13(18)6-3-7-14(16)19/h2-8,15,21H,9-10H2,1H3,(H,20,22). The number of benzene rings is 2. The maximum absolute atomic E-state index is 13.6. The Labute approximate surface area is 132 Å². The van der Waals surface area contributed by atoms with Crippen molar-refractivity contribution in [2.75, 3.05) is 13.7 Å². The van der Waals surface area contributed by atoms with E-state index in [1.54, 1.807) is 25.3 Å². The number of aliphatic hydroxyl groups is 1. The number of methoxy groups -OCH3 is 1. The molecule has 23 heavy (non-hydrogen) atoms. The van der Waals surface area contributed by atoms with Crippen molar-refractivity contribution in [3.8, 4) is 0 Å². The van der Waals surface area contributed by atoms with Gasteiger partial charge in [0.05, 0.1) is 12.2 Å². The molecule has 1 unspecified atom stereocenters. The van der Waals surface area contributed by atoms with Crippen LogP contribution in [0.4, 0.5) is 8.78 Å². The van der Waals surface area contributed by atoms with Gasteiger partial charge in [0.2, 0.25) is 0 Å². The van der Waals surface area contributed by atoms with Gasteiger partial charge in [0.15, 0.2) is 0 Å². The van der Waals surface area contributed by atoms with Crippen molar-refractivity contribution >= 4 is 5.91 Å². The predicted octanol–water partition coefficient (Wildman–Crippen LogP) is 2.57. The molecule has 0 aliphatic rings. The number of hydrogen-bond donors (Lipinski definition) is 2. The minimum atomic E-state index is -1.47. The highest BCUT2D eigenvalue weighted by Gasteiger charge is 2.18. The maximum atomic E-state index is 13.6. The normalized spacial score (nSPS) is 12.0. The van der Waals surface area contributed by atoms with E-state index in [0.29, 0.717) is 12.2 Å². The molecule has 1 atom stereocenters. The number of carbonyl (C=O) groups is 1. The van der Waals surface area contributed by atoms with Crippen molar-refractivity contribution in [1.82, 2.24) is 5.32 Å². The Hall–Kier alpha value is -2.31. The van der Waals surface area contributed by atoms with E-state index in [-0.39, 0.29) is 6.54 Å². The molecule has 0 fully saturated rings. The SMILES string of the molecule is COCc1cccc(C(=O)NCC(O)c2c(F)cccc2F)c1. The van der Waals surface area contributed by atoms with Gasteiger partial charge < -0.3 is 15.2 Å². The average Bonchev–Trinajstić information content (AvgIpc) is 2.53. The minimum Gasteiger partial charge on any atom is -0.386 e. The lowest BCUT2D eigenvalue weighted by Gasteiger charge is -2.14. The molecule has 0 heterocycles. The molecule has 122 valence electrons. The van der Waals surface area contributed by atoms with Crippen molar-refractivity contribution in [3.63, 3.8) is 0 Å². The quantitative estimate of drug-likeness (QED) is 0.860. The molecular formula is C17H17F2NO3. The van der Waals surface area contributed by atoms with Crippen LogP contribution in [0.25, 0.3) is 0 Å². The fraction of sp³-hybridized carbons (Fsp3) is 0.235. The Bertz CT molecular complexity index is 671. The molecule has 0 spiro atoms. The molecule has 2 aromatic rings. The number of carbonyl (C=O) groups excluding carboxylic acids is 1. The number of halogens is 2. The highest BCUT2D eigenvalue weighted by molar-refractivity contribution is 5.94. The lowest BCUT2D eigenvalue weighted by molar-refractivity contribution is 0.0911. The van der Waals surface area contributed by atoms with Gasteiger partial charge in [0.1, 0.15) is 17.7 Å². The first-order valence-electron chi connectivity index (χ1n) is 7.01. The summed E-state index contributed by atoms with van der Waals surface area (Å²) in [7, 11) is 1.55. The lowest BCUT2D eigenvalue weighted by atomic mass is 10.1. The van der Waals surface area contributed by atoms with E-state index in [9.17, 15) is 18.7 Å². The van der Waals surface area contributed by atoms with Crippen LogP contribution in [-0.2, 0) is 11.3 Å². The fourth-order valence-corrected chi connectivity index (χ4v) is 2.19. The van der Waals surface area contributed by atoms with Crippen LogP contribution >= 0.6 is 0 Å². The third-order valence-corrected chi connectivity index (χ3v) is 3.29. The third-order valence-electron chi connectivity index (χ3n) is 3.29. The van der Waals surface area contributed by atoms with E-state index in [1.807, 2.05) is 6.07 Å². The predicted molar refractivity (Wildman–Crippen MR) is 80.8 cm³/mol. The summed E-state index contributed by atoms with van der Waals surface area (Å²) in [4.78, 5) is 12.1. The Morgan fingerprint density at radius 3 is 2.52 bits per heavy atom. The first kappa shape index (κ1) is 17.1. The number of rotatable bonds is 6. The van der Waals surface area contributed by atoms with Crippen molar-refractivity contribution in [3.05, 3.63) is 70.8 Å². The van der Waals surface area contributed by atoms with Gasteiger partial charge >= 0.3 is 0 Å². The third kappa shape index (κ3) is 4.34. The molecule has 0 saturated carbocycles. The summed E-state index contributed by atoms with van der Waals surface area (Å²) in [5.41, 5.74) is 0.738. The lowest BCUT2D eigenvalue weighted by Crippen LogP contribution is -2.29. The van der Waals surface area contributed by atoms with Gasteiger partial charge in [-0.1, -0.05) is 18.2 Å². The topological polar surface area (TPSA) is 58.6 Å². The molecule has 2 aromatic carbocycles. The molecule has 0 bridgehead atoms. The second kappa shape index (κ2) is 7.80. The first-order chi connectivity index (χ1) is 11.0. The Kier molecular flexibility index (Phi) is 5.78. The summed E-state index contributed by atoms with van der Waals surface area (Å²) in [6.07, 6.45) is -1.47. The van der Waals surface area contributed by atoms with Gasteiger partial charge in [-0.3, -0.25) is 4.79 Å². The number of ether oxygens (including phenoxy) is 1. The van der Waals surface area contributed by atoms with Crippen LogP contribution in [0.3, 0.4) is 0 Å². The summed E-state index contributed by atoms with van der Waals surface area (Å²) in [5, 5.41) is 12.4. The van der Waals surface area contributed by atoms with Gasteiger partial charge in [-0.2, -0.15) is 0 Å². The number of amides is 1. The van der Waals surface area contributed by atoms with Crippen LogP contribution in [0.5, 0.6) is 0 Å². The van der Waals surface area contributed by atoms with E-state index < -0.39 is 29.2 Å². The molecule has 2 N–H and O–H groups in total. The second-order valence-electron chi connectivity index (χ2n) is 4.99. The molecule has 0 aliphatic carbocycles. The Balaban J connectivity index is 2.02. The molecule has 1 amide bonds. The molecule has 6 heteroatoms. The van der Waals surface area contributed by atoms with Gasteiger partial charge in [0, 0.05) is 19.2 Å². The molecule has 2 rings (SSSR count). The number of aliphatic hydroxyl groups excluding tert-OH is 1. The van der Waals surface area contributed by atoms with E-state index >= 15 is 0 Å². The van der Waals surface area contributed by atoms with Crippen LogP contribution in [0.15, 0.2) is 42.5 Å².